The summed E-state index contributed by atoms with van der Waals surface area (Å²) in [6.07, 6.45) is 0. The van der Waals surface area contributed by atoms with Gasteiger partial charge in [0.1, 0.15) is 10.8 Å². The normalized spacial score (nSPS) is 9.80. The molecule has 0 heterocycles. The van der Waals surface area contributed by atoms with E-state index >= 15 is 0 Å². The van der Waals surface area contributed by atoms with E-state index in [4.69, 9.17) is 21.4 Å². The molecule has 15 heavy (non-hydrogen) atoms. The molecule has 0 fully saturated rings. The number of hydrogen-bond donors (Lipinski definition) is 1. The molecule has 0 aliphatic heterocycles. The fourth-order valence-corrected chi connectivity index (χ4v) is 1.22. The number of methoxy groups -OCH3 is 1. The lowest BCUT2D eigenvalue weighted by Crippen LogP contribution is -2.14. The van der Waals surface area contributed by atoms with Crippen molar-refractivity contribution in [3.8, 4) is 5.75 Å². The number of aliphatic carboxylic acids is 1. The van der Waals surface area contributed by atoms with Gasteiger partial charge in [0.15, 0.2) is 5.82 Å². The number of hydrogen-bond acceptors (Lipinski definition) is 3. The van der Waals surface area contributed by atoms with Gasteiger partial charge in [0, 0.05) is 0 Å². The van der Waals surface area contributed by atoms with E-state index in [1.807, 2.05) is 0 Å². The molecular weight excluding hydrogens is 227 g/mol. The second-order valence-electron chi connectivity index (χ2n) is 2.58. The SMILES string of the molecule is COc1ccc(C(=O)C(=O)O)c(F)c1Cl. The lowest BCUT2D eigenvalue weighted by atomic mass is 10.1. The van der Waals surface area contributed by atoms with Crippen molar-refractivity contribution in [2.75, 3.05) is 7.11 Å². The highest BCUT2D eigenvalue weighted by atomic mass is 35.5. The van der Waals surface area contributed by atoms with Crippen LogP contribution in [0.5, 0.6) is 5.75 Å². The topological polar surface area (TPSA) is 63.6 Å². The van der Waals surface area contributed by atoms with E-state index < -0.39 is 28.2 Å². The third-order valence-electron chi connectivity index (χ3n) is 1.71. The number of carbonyl (C=O) groups excluding carboxylic acids is 1. The second kappa shape index (κ2) is 4.27. The largest absolute Gasteiger partial charge is 0.495 e. The Balaban J connectivity index is 3.29. The predicted octanol–water partition coefficient (Wildman–Crippen LogP) is 1.76. The van der Waals surface area contributed by atoms with Gasteiger partial charge in [-0.3, -0.25) is 4.79 Å². The van der Waals surface area contributed by atoms with Crippen molar-refractivity contribution in [3.05, 3.63) is 28.5 Å². The fraction of sp³-hybridized carbons (Fsp3) is 0.111. The minimum Gasteiger partial charge on any atom is -0.495 e. The van der Waals surface area contributed by atoms with Crippen LogP contribution in [0.4, 0.5) is 4.39 Å². The standard InChI is InChI=1S/C9H6ClFO4/c1-15-5-3-2-4(7(11)6(5)10)8(12)9(13)14/h2-3H,1H3,(H,13,14). The van der Waals surface area contributed by atoms with Crippen LogP contribution >= 0.6 is 11.6 Å². The van der Waals surface area contributed by atoms with Gasteiger partial charge in [-0.1, -0.05) is 11.6 Å². The zero-order chi connectivity index (χ0) is 11.6. The number of carboxylic acids is 1. The number of carboxylic acid groups (broad SMARTS) is 1. The monoisotopic (exact) mass is 232 g/mol. The summed E-state index contributed by atoms with van der Waals surface area (Å²) in [6.45, 7) is 0. The molecule has 0 aliphatic carbocycles. The van der Waals surface area contributed by atoms with Gasteiger partial charge in [0.2, 0.25) is 0 Å². The Morgan fingerprint density at radius 1 is 1.47 bits per heavy atom. The molecule has 6 heteroatoms. The number of benzene rings is 1. The smallest absolute Gasteiger partial charge is 0.377 e. The number of Topliss-reactive ketones (excluding diaryl/α,β-unsaturated/α-hetero) is 1. The summed E-state index contributed by atoms with van der Waals surface area (Å²) in [5.41, 5.74) is -0.590. The van der Waals surface area contributed by atoms with Crippen molar-refractivity contribution in [1.29, 1.82) is 0 Å². The fourth-order valence-electron chi connectivity index (χ4n) is 0.980. The maximum atomic E-state index is 13.4. The summed E-state index contributed by atoms with van der Waals surface area (Å²) < 4.78 is 18.1. The van der Waals surface area contributed by atoms with Gasteiger partial charge < -0.3 is 9.84 Å². The van der Waals surface area contributed by atoms with Gasteiger partial charge in [-0.05, 0) is 12.1 Å². The first-order chi connectivity index (χ1) is 6.99. The van der Waals surface area contributed by atoms with Crippen LogP contribution in [-0.2, 0) is 4.79 Å². The predicted molar refractivity (Wildman–Crippen MR) is 49.9 cm³/mol. The summed E-state index contributed by atoms with van der Waals surface area (Å²) in [5, 5.41) is 7.97. The summed E-state index contributed by atoms with van der Waals surface area (Å²) in [4.78, 5) is 21.3. The molecule has 0 radical (unpaired) electrons. The maximum Gasteiger partial charge on any atom is 0.377 e. The van der Waals surface area contributed by atoms with Gasteiger partial charge in [-0.2, -0.15) is 0 Å². The van der Waals surface area contributed by atoms with Gasteiger partial charge in [-0.15, -0.1) is 0 Å². The van der Waals surface area contributed by atoms with Gasteiger partial charge >= 0.3 is 5.97 Å². The highest BCUT2D eigenvalue weighted by molar-refractivity contribution is 6.41. The molecule has 0 amide bonds. The lowest BCUT2D eigenvalue weighted by Gasteiger charge is -2.05. The van der Waals surface area contributed by atoms with Crippen molar-refractivity contribution >= 4 is 23.4 Å². The highest BCUT2D eigenvalue weighted by Gasteiger charge is 2.22. The Morgan fingerprint density at radius 2 is 2.07 bits per heavy atom. The van der Waals surface area contributed by atoms with Crippen LogP contribution in [0.3, 0.4) is 0 Å². The van der Waals surface area contributed by atoms with Crippen molar-refractivity contribution in [1.82, 2.24) is 0 Å². The zero-order valence-electron chi connectivity index (χ0n) is 7.58. The minimum atomic E-state index is -1.74. The number of carbonyl (C=O) groups is 2. The molecule has 4 nitrogen and oxygen atoms in total. The minimum absolute atomic E-state index is 0.0381. The number of ether oxygens (including phenoxy) is 1. The summed E-state index contributed by atoms with van der Waals surface area (Å²) in [5.74, 6) is -4.15. The molecular formula is C9H6ClFO4. The van der Waals surface area contributed by atoms with Crippen molar-refractivity contribution in [3.63, 3.8) is 0 Å². The quantitative estimate of drug-likeness (QED) is 0.637. The van der Waals surface area contributed by atoms with Crippen LogP contribution < -0.4 is 4.74 Å². The van der Waals surface area contributed by atoms with Crippen LogP contribution in [-0.4, -0.2) is 24.0 Å². The number of rotatable bonds is 3. The first kappa shape index (κ1) is 11.5. The molecule has 0 aliphatic rings. The van der Waals surface area contributed by atoms with E-state index in [2.05, 4.69) is 0 Å². The van der Waals surface area contributed by atoms with Crippen LogP contribution in [0.25, 0.3) is 0 Å². The van der Waals surface area contributed by atoms with Gasteiger partial charge in [0.25, 0.3) is 5.78 Å². The zero-order valence-corrected chi connectivity index (χ0v) is 8.34. The highest BCUT2D eigenvalue weighted by Crippen LogP contribution is 2.29. The third kappa shape index (κ3) is 2.07. The summed E-state index contributed by atoms with van der Waals surface area (Å²) >= 11 is 5.50. The number of halogens is 2. The molecule has 0 saturated carbocycles. The molecule has 0 atom stereocenters. The van der Waals surface area contributed by atoms with Crippen molar-refractivity contribution in [2.24, 2.45) is 0 Å². The Hall–Kier alpha value is -1.62. The molecule has 0 spiro atoms. The third-order valence-corrected chi connectivity index (χ3v) is 2.06. The van der Waals surface area contributed by atoms with E-state index in [0.29, 0.717) is 0 Å². The molecule has 0 aromatic heterocycles. The Labute approximate surface area is 89.2 Å². The molecule has 1 aromatic carbocycles. The van der Waals surface area contributed by atoms with Crippen LogP contribution in [0.15, 0.2) is 12.1 Å². The second-order valence-corrected chi connectivity index (χ2v) is 2.96. The molecule has 1 rings (SSSR count). The molecule has 80 valence electrons. The van der Waals surface area contributed by atoms with Crippen molar-refractivity contribution in [2.45, 2.75) is 0 Å². The van der Waals surface area contributed by atoms with E-state index in [1.54, 1.807) is 0 Å². The van der Waals surface area contributed by atoms with Gasteiger partial charge in [-0.25, -0.2) is 9.18 Å². The van der Waals surface area contributed by atoms with E-state index in [9.17, 15) is 14.0 Å². The van der Waals surface area contributed by atoms with Crippen molar-refractivity contribution < 1.29 is 23.8 Å². The average molecular weight is 233 g/mol. The van der Waals surface area contributed by atoms with Crippen LogP contribution in [0, 0.1) is 5.82 Å². The first-order valence-corrected chi connectivity index (χ1v) is 4.16. The average Bonchev–Trinajstić information content (AvgIpc) is 2.21. The van der Waals surface area contributed by atoms with E-state index in [1.165, 1.54) is 13.2 Å². The summed E-state index contributed by atoms with van der Waals surface area (Å²) in [6, 6.07) is 2.23. The van der Waals surface area contributed by atoms with E-state index in [0.717, 1.165) is 6.07 Å². The Kier molecular flexibility index (Phi) is 3.26. The first-order valence-electron chi connectivity index (χ1n) is 3.78. The maximum absolute atomic E-state index is 13.4. The Morgan fingerprint density at radius 3 is 2.53 bits per heavy atom. The van der Waals surface area contributed by atoms with Crippen LogP contribution in [0.1, 0.15) is 10.4 Å². The van der Waals surface area contributed by atoms with Gasteiger partial charge in [0.05, 0.1) is 12.7 Å². The van der Waals surface area contributed by atoms with Crippen LogP contribution in [0.2, 0.25) is 5.02 Å². The van der Waals surface area contributed by atoms with E-state index in [-0.39, 0.29) is 5.75 Å². The summed E-state index contributed by atoms with van der Waals surface area (Å²) in [7, 11) is 1.28. The lowest BCUT2D eigenvalue weighted by molar-refractivity contribution is -0.131. The molecule has 0 bridgehead atoms. The molecule has 0 unspecified atom stereocenters. The Bertz CT molecular complexity index is 430. The number of ketones is 1. The molecule has 1 N–H and O–H groups in total. The molecule has 1 aromatic rings. The molecule has 0 saturated heterocycles.